The lowest BCUT2D eigenvalue weighted by molar-refractivity contribution is -0.116. The van der Waals surface area contributed by atoms with E-state index >= 15 is 0 Å². The van der Waals surface area contributed by atoms with Crippen LogP contribution in [0.3, 0.4) is 0 Å². The van der Waals surface area contributed by atoms with Crippen LogP contribution in [0.25, 0.3) is 10.2 Å². The van der Waals surface area contributed by atoms with Gasteiger partial charge in [-0.1, -0.05) is 27.3 Å². The van der Waals surface area contributed by atoms with Gasteiger partial charge in [0.1, 0.15) is 0 Å². The predicted molar refractivity (Wildman–Crippen MR) is 80.6 cm³/mol. The highest BCUT2D eigenvalue weighted by Gasteiger charge is 2.09. The number of alkyl halides is 1. The second kappa shape index (κ2) is 5.99. The molecule has 18 heavy (non-hydrogen) atoms. The number of hydrogen-bond acceptors (Lipinski definition) is 3. The average molecular weight is 348 g/mol. The third kappa shape index (κ3) is 3.22. The van der Waals surface area contributed by atoms with Crippen molar-refractivity contribution in [3.05, 3.63) is 22.2 Å². The van der Waals surface area contributed by atoms with E-state index < -0.39 is 0 Å². The number of carbonyl (C=O) groups is 1. The number of nitrogens with one attached hydrogen (secondary N) is 1. The van der Waals surface area contributed by atoms with Crippen LogP contribution in [0.4, 0.5) is 5.13 Å². The molecule has 0 fully saturated rings. The number of aryl methyl sites for hydroxylation is 1. The third-order valence-electron chi connectivity index (χ3n) is 2.45. The van der Waals surface area contributed by atoms with Crippen LogP contribution in [-0.4, -0.2) is 16.8 Å². The molecule has 0 spiro atoms. The molecule has 0 unspecified atom stereocenters. The molecule has 6 heteroatoms. The van der Waals surface area contributed by atoms with Crippen molar-refractivity contribution < 1.29 is 4.79 Å². The zero-order valence-electron chi connectivity index (χ0n) is 9.80. The first-order valence-electron chi connectivity index (χ1n) is 5.52. The van der Waals surface area contributed by atoms with Crippen LogP contribution >= 0.6 is 38.9 Å². The number of rotatable bonds is 4. The fraction of sp³-hybridized carbons (Fsp3) is 0.333. The van der Waals surface area contributed by atoms with Crippen molar-refractivity contribution in [1.29, 1.82) is 0 Å². The predicted octanol–water partition coefficient (Wildman–Crippen LogP) is 4.32. The monoisotopic (exact) mass is 346 g/mol. The number of amides is 1. The summed E-state index contributed by atoms with van der Waals surface area (Å²) >= 11 is 10.5. The third-order valence-corrected chi connectivity index (χ3v) is 4.51. The van der Waals surface area contributed by atoms with Crippen molar-refractivity contribution in [3.63, 3.8) is 0 Å². The summed E-state index contributed by atoms with van der Waals surface area (Å²) in [6.45, 7) is 2.03. The Balaban J connectivity index is 2.17. The molecule has 1 aromatic heterocycles. The maximum atomic E-state index is 11.6. The molecule has 1 aromatic carbocycles. The molecular formula is C12H12BrClN2OS. The van der Waals surface area contributed by atoms with Crippen molar-refractivity contribution in [2.75, 3.05) is 11.2 Å². The van der Waals surface area contributed by atoms with E-state index in [4.69, 9.17) is 11.6 Å². The maximum absolute atomic E-state index is 11.6. The molecule has 3 nitrogen and oxygen atoms in total. The Morgan fingerprint density at radius 3 is 3.06 bits per heavy atom. The fourth-order valence-corrected chi connectivity index (χ4v) is 2.94. The van der Waals surface area contributed by atoms with Crippen molar-refractivity contribution in [2.24, 2.45) is 0 Å². The van der Waals surface area contributed by atoms with Crippen LogP contribution < -0.4 is 5.32 Å². The Kier molecular flexibility index (Phi) is 4.59. The zero-order chi connectivity index (χ0) is 13.1. The summed E-state index contributed by atoms with van der Waals surface area (Å²) in [6.07, 6.45) is 1.12. The number of carbonyl (C=O) groups excluding carboxylic acids is 1. The van der Waals surface area contributed by atoms with Crippen molar-refractivity contribution in [3.8, 4) is 0 Å². The Hall–Kier alpha value is -0.650. The average Bonchev–Trinajstić information content (AvgIpc) is 2.68. The minimum absolute atomic E-state index is 0.0366. The summed E-state index contributed by atoms with van der Waals surface area (Å²) in [5, 5.41) is 3.44. The largest absolute Gasteiger partial charge is 0.302 e. The van der Waals surface area contributed by atoms with Gasteiger partial charge in [-0.3, -0.25) is 4.79 Å². The van der Waals surface area contributed by atoms with E-state index in [0.29, 0.717) is 23.9 Å². The molecule has 0 aliphatic rings. The van der Waals surface area contributed by atoms with Gasteiger partial charge >= 0.3 is 0 Å². The van der Waals surface area contributed by atoms with Crippen molar-refractivity contribution in [2.45, 2.75) is 19.8 Å². The number of hydrogen-bond donors (Lipinski definition) is 1. The number of halogens is 2. The molecule has 1 heterocycles. The first kappa shape index (κ1) is 13.8. The standard InChI is InChI=1S/C12H12BrClN2OS/c1-7-5-10-9(6-8(7)13)15-12(18-10)16-11(17)3-2-4-14/h5-6H,2-4H2,1H3,(H,15,16,17). The highest BCUT2D eigenvalue weighted by atomic mass is 79.9. The second-order valence-electron chi connectivity index (χ2n) is 3.93. The second-order valence-corrected chi connectivity index (χ2v) is 6.19. The Bertz CT molecular complexity index is 546. The van der Waals surface area contributed by atoms with Gasteiger partial charge in [0.15, 0.2) is 5.13 Å². The molecule has 0 saturated heterocycles. The zero-order valence-corrected chi connectivity index (χ0v) is 13.0. The van der Waals surface area contributed by atoms with E-state index in [1.807, 2.05) is 13.0 Å². The topological polar surface area (TPSA) is 42.0 Å². The van der Waals surface area contributed by atoms with Crippen LogP contribution in [0.2, 0.25) is 0 Å². The van der Waals surface area contributed by atoms with E-state index in [1.165, 1.54) is 11.3 Å². The molecule has 0 aliphatic carbocycles. The van der Waals surface area contributed by atoms with Crippen LogP contribution in [0.15, 0.2) is 16.6 Å². The molecule has 0 atom stereocenters. The first-order chi connectivity index (χ1) is 8.60. The number of benzene rings is 1. The van der Waals surface area contributed by atoms with E-state index in [9.17, 15) is 4.79 Å². The number of nitrogens with zero attached hydrogens (tertiary/aromatic N) is 1. The van der Waals surface area contributed by atoms with E-state index in [2.05, 4.69) is 32.3 Å². The quantitative estimate of drug-likeness (QED) is 0.837. The lowest BCUT2D eigenvalue weighted by Crippen LogP contribution is -2.10. The molecular weight excluding hydrogens is 336 g/mol. The van der Waals surface area contributed by atoms with E-state index in [0.717, 1.165) is 20.3 Å². The summed E-state index contributed by atoms with van der Waals surface area (Å²) in [6, 6.07) is 4.03. The lowest BCUT2D eigenvalue weighted by atomic mass is 10.2. The minimum atomic E-state index is -0.0366. The van der Waals surface area contributed by atoms with Gasteiger partial charge in [0, 0.05) is 16.8 Å². The first-order valence-corrected chi connectivity index (χ1v) is 7.67. The molecule has 1 amide bonds. The van der Waals surface area contributed by atoms with E-state index in [-0.39, 0.29) is 5.91 Å². The summed E-state index contributed by atoms with van der Waals surface area (Å²) in [4.78, 5) is 16.0. The SMILES string of the molecule is Cc1cc2sc(NC(=O)CCCCl)nc2cc1Br. The van der Waals surface area contributed by atoms with Crippen LogP contribution in [0, 0.1) is 6.92 Å². The molecule has 0 radical (unpaired) electrons. The molecule has 1 N–H and O–H groups in total. The van der Waals surface area contributed by atoms with Crippen LogP contribution in [0.1, 0.15) is 18.4 Å². The number of aromatic nitrogens is 1. The molecule has 0 bridgehead atoms. The molecule has 2 rings (SSSR count). The Morgan fingerprint density at radius 2 is 2.33 bits per heavy atom. The van der Waals surface area contributed by atoms with Crippen LogP contribution in [0.5, 0.6) is 0 Å². The number of thiazole rings is 1. The van der Waals surface area contributed by atoms with Gasteiger partial charge in [0.2, 0.25) is 5.91 Å². The summed E-state index contributed by atoms with van der Waals surface area (Å²) in [7, 11) is 0. The Morgan fingerprint density at radius 1 is 1.56 bits per heavy atom. The normalized spacial score (nSPS) is 10.8. The summed E-state index contributed by atoms with van der Waals surface area (Å²) < 4.78 is 2.10. The van der Waals surface area contributed by atoms with E-state index in [1.54, 1.807) is 0 Å². The van der Waals surface area contributed by atoms with Crippen molar-refractivity contribution in [1.82, 2.24) is 4.98 Å². The van der Waals surface area contributed by atoms with Crippen LogP contribution in [-0.2, 0) is 4.79 Å². The van der Waals surface area contributed by atoms with Crippen molar-refractivity contribution >= 4 is 60.1 Å². The van der Waals surface area contributed by atoms with Gasteiger partial charge in [-0.15, -0.1) is 11.6 Å². The number of anilines is 1. The molecule has 0 aliphatic heterocycles. The molecule has 96 valence electrons. The lowest BCUT2D eigenvalue weighted by Gasteiger charge is -1.98. The van der Waals surface area contributed by atoms with Gasteiger partial charge in [-0.05, 0) is 31.0 Å². The maximum Gasteiger partial charge on any atom is 0.226 e. The highest BCUT2D eigenvalue weighted by molar-refractivity contribution is 9.10. The minimum Gasteiger partial charge on any atom is -0.302 e. The number of fused-ring (bicyclic) bond motifs is 1. The molecule has 0 saturated carbocycles. The van der Waals surface area contributed by atoms with Gasteiger partial charge in [-0.25, -0.2) is 4.98 Å². The van der Waals surface area contributed by atoms with Gasteiger partial charge in [0.05, 0.1) is 10.2 Å². The Labute approximate surface area is 123 Å². The van der Waals surface area contributed by atoms with Gasteiger partial charge in [-0.2, -0.15) is 0 Å². The fourth-order valence-electron chi connectivity index (χ4n) is 1.51. The smallest absolute Gasteiger partial charge is 0.226 e. The molecule has 2 aromatic rings. The van der Waals surface area contributed by atoms with Gasteiger partial charge < -0.3 is 5.32 Å². The summed E-state index contributed by atoms with van der Waals surface area (Å²) in [5.41, 5.74) is 2.05. The summed E-state index contributed by atoms with van der Waals surface area (Å²) in [5.74, 6) is 0.463. The highest BCUT2D eigenvalue weighted by Crippen LogP contribution is 2.30. The van der Waals surface area contributed by atoms with Gasteiger partial charge in [0.25, 0.3) is 0 Å².